The second-order valence-electron chi connectivity index (χ2n) is 16.8. The Hall–Kier alpha value is -0.840. The summed E-state index contributed by atoms with van der Waals surface area (Å²) in [6, 6.07) is 0. The number of rotatable bonds is 6. The molecule has 0 spiro atoms. The van der Waals surface area contributed by atoms with Gasteiger partial charge in [0, 0.05) is 0 Å². The molecule has 4 aliphatic carbocycles. The van der Waals surface area contributed by atoms with E-state index in [0.29, 0.717) is 25.2 Å². The van der Waals surface area contributed by atoms with Gasteiger partial charge in [-0.3, -0.25) is 0 Å². The molecule has 0 aromatic heterocycles. The molecule has 15 atom stereocenters. The Morgan fingerprint density at radius 1 is 0.864 bits per heavy atom. The third-order valence-corrected chi connectivity index (χ3v) is 13.9. The Balaban J connectivity index is 1.55. The highest BCUT2D eigenvalue weighted by molar-refractivity contribution is 5.24. The second kappa shape index (κ2) is 12.0. The molecule has 44 heavy (non-hydrogen) atoms. The molecule has 5 aliphatic rings. The molecule has 0 bridgehead atoms. The van der Waals surface area contributed by atoms with Gasteiger partial charge in [0.05, 0.1) is 24.9 Å². The van der Waals surface area contributed by atoms with Crippen molar-refractivity contribution < 1.29 is 40.1 Å². The Kier molecular flexibility index (Phi) is 9.40. The lowest BCUT2D eigenvalue weighted by Gasteiger charge is -2.72. The van der Waals surface area contributed by atoms with Crippen LogP contribution in [0.2, 0.25) is 0 Å². The first kappa shape index (κ1) is 34.5. The molecule has 8 nitrogen and oxygen atoms in total. The lowest BCUT2D eigenvalue weighted by atomic mass is 9.34. The second-order valence-corrected chi connectivity index (χ2v) is 16.8. The molecule has 5 fully saturated rings. The maximum atomic E-state index is 12.0. The molecular formula is C36H60O8. The first-order chi connectivity index (χ1) is 20.4. The van der Waals surface area contributed by atoms with Crippen molar-refractivity contribution in [1.29, 1.82) is 0 Å². The third kappa shape index (κ3) is 5.18. The number of aliphatic hydroxyl groups is 6. The zero-order chi connectivity index (χ0) is 32.6. The van der Waals surface area contributed by atoms with Crippen molar-refractivity contribution >= 4 is 0 Å². The number of ether oxygens (including phenoxy) is 2. The van der Waals surface area contributed by atoms with E-state index in [9.17, 15) is 30.6 Å². The highest BCUT2D eigenvalue weighted by Crippen LogP contribution is 2.76. The topological polar surface area (TPSA) is 140 Å². The summed E-state index contributed by atoms with van der Waals surface area (Å²) in [5.41, 5.74) is 1.49. The van der Waals surface area contributed by atoms with Gasteiger partial charge >= 0.3 is 0 Å². The van der Waals surface area contributed by atoms with E-state index in [-0.39, 0.29) is 34.0 Å². The fraction of sp³-hybridized carbons (Fsp3) is 0.889. The molecule has 1 saturated heterocycles. The number of allylic oxidation sites excluding steroid dienone is 4. The maximum absolute atomic E-state index is 12.0. The first-order valence-electron chi connectivity index (χ1n) is 17.1. The van der Waals surface area contributed by atoms with E-state index in [1.54, 1.807) is 0 Å². The summed E-state index contributed by atoms with van der Waals surface area (Å²) in [7, 11) is 0. The molecular weight excluding hydrogens is 560 g/mol. The zero-order valence-corrected chi connectivity index (χ0v) is 28.2. The van der Waals surface area contributed by atoms with Crippen molar-refractivity contribution in [3.8, 4) is 0 Å². The van der Waals surface area contributed by atoms with Crippen molar-refractivity contribution in [2.45, 2.75) is 149 Å². The van der Waals surface area contributed by atoms with Crippen LogP contribution >= 0.6 is 0 Å². The molecule has 4 saturated carbocycles. The molecule has 1 heterocycles. The van der Waals surface area contributed by atoms with Crippen LogP contribution in [0.15, 0.2) is 23.3 Å². The highest BCUT2D eigenvalue weighted by atomic mass is 16.7. The Bertz CT molecular complexity index is 1110. The van der Waals surface area contributed by atoms with E-state index in [2.05, 4.69) is 67.5 Å². The number of hydrogen-bond acceptors (Lipinski definition) is 8. The van der Waals surface area contributed by atoms with Gasteiger partial charge < -0.3 is 40.1 Å². The van der Waals surface area contributed by atoms with E-state index in [0.717, 1.165) is 25.7 Å². The van der Waals surface area contributed by atoms with Crippen LogP contribution in [0.5, 0.6) is 0 Å². The maximum Gasteiger partial charge on any atom is 0.186 e. The van der Waals surface area contributed by atoms with Crippen LogP contribution in [0.25, 0.3) is 0 Å². The van der Waals surface area contributed by atoms with Crippen LogP contribution in [0.4, 0.5) is 0 Å². The summed E-state index contributed by atoms with van der Waals surface area (Å²) in [6.07, 6.45) is 2.23. The summed E-state index contributed by atoms with van der Waals surface area (Å²) in [4.78, 5) is 0. The molecule has 0 aromatic rings. The average Bonchev–Trinajstić information content (AvgIpc) is 3.32. The first-order valence-corrected chi connectivity index (χ1v) is 17.1. The van der Waals surface area contributed by atoms with Crippen LogP contribution in [0.3, 0.4) is 0 Å². The van der Waals surface area contributed by atoms with Crippen LogP contribution in [0, 0.1) is 45.3 Å². The minimum Gasteiger partial charge on any atom is -0.394 e. The molecule has 5 rings (SSSR count). The van der Waals surface area contributed by atoms with Crippen molar-refractivity contribution in [3.05, 3.63) is 23.3 Å². The molecule has 8 heteroatoms. The number of aliphatic hydroxyl groups excluding tert-OH is 6. The van der Waals surface area contributed by atoms with Gasteiger partial charge in [-0.25, -0.2) is 0 Å². The van der Waals surface area contributed by atoms with E-state index >= 15 is 0 Å². The Morgan fingerprint density at radius 3 is 2.18 bits per heavy atom. The number of fused-ring (bicyclic) bond motifs is 5. The predicted molar refractivity (Wildman–Crippen MR) is 168 cm³/mol. The molecule has 252 valence electrons. The van der Waals surface area contributed by atoms with Crippen molar-refractivity contribution in [1.82, 2.24) is 0 Å². The van der Waals surface area contributed by atoms with Gasteiger partial charge in [0.15, 0.2) is 6.29 Å². The summed E-state index contributed by atoms with van der Waals surface area (Å²) in [6.45, 7) is 17.2. The van der Waals surface area contributed by atoms with E-state index in [1.165, 1.54) is 11.1 Å². The molecule has 6 N–H and O–H groups in total. The van der Waals surface area contributed by atoms with Gasteiger partial charge in [0.2, 0.25) is 0 Å². The Morgan fingerprint density at radius 2 is 1.55 bits per heavy atom. The molecule has 0 radical (unpaired) electrons. The lowest BCUT2D eigenvalue weighted by molar-refractivity contribution is -0.346. The monoisotopic (exact) mass is 620 g/mol. The third-order valence-electron chi connectivity index (χ3n) is 13.9. The van der Waals surface area contributed by atoms with Gasteiger partial charge in [-0.1, -0.05) is 57.9 Å². The quantitative estimate of drug-likeness (QED) is 0.193. The van der Waals surface area contributed by atoms with E-state index in [4.69, 9.17) is 9.47 Å². The normalized spacial score (nSPS) is 52.1. The molecule has 2 unspecified atom stereocenters. The van der Waals surface area contributed by atoms with Gasteiger partial charge in [0.1, 0.15) is 24.4 Å². The fourth-order valence-corrected chi connectivity index (χ4v) is 11.5. The standard InChI is InChI=1S/C36H60O8/c1-19(2)10-9-11-20(3)21-12-15-35(7)27(21)22(38)16-25-34(6)14-13-26(39)33(4,5)31(34)23(17-36(25,35)8)43-32-30(42)29(41)28(40)24(18-37)44-32/h10-11,21-32,37-42H,9,12-18H2,1-8H3/b20-11+/t21-,22-,23+,24?,25-,26+,27+,28-,29?,30+,31+,32-,34-,35-,36-/m1/s1. The largest absolute Gasteiger partial charge is 0.394 e. The Labute approximate surface area is 264 Å². The van der Waals surface area contributed by atoms with Gasteiger partial charge in [-0.05, 0) is 111 Å². The molecule has 0 amide bonds. The van der Waals surface area contributed by atoms with Crippen molar-refractivity contribution in [2.75, 3.05) is 6.61 Å². The average molecular weight is 621 g/mol. The van der Waals surface area contributed by atoms with Gasteiger partial charge in [-0.15, -0.1) is 0 Å². The minimum absolute atomic E-state index is 0.112. The van der Waals surface area contributed by atoms with Crippen LogP contribution < -0.4 is 0 Å². The van der Waals surface area contributed by atoms with Crippen LogP contribution in [-0.4, -0.2) is 86.3 Å². The molecule has 0 aromatic carbocycles. The summed E-state index contributed by atoms with van der Waals surface area (Å²) in [5.74, 6) is 0.506. The van der Waals surface area contributed by atoms with Crippen molar-refractivity contribution in [3.63, 3.8) is 0 Å². The fourth-order valence-electron chi connectivity index (χ4n) is 11.5. The smallest absolute Gasteiger partial charge is 0.186 e. The van der Waals surface area contributed by atoms with Crippen LogP contribution in [-0.2, 0) is 9.47 Å². The zero-order valence-electron chi connectivity index (χ0n) is 28.2. The molecule has 1 aliphatic heterocycles. The predicted octanol–water partition coefficient (Wildman–Crippen LogP) is 4.10. The SMILES string of the molecule is CC(C)=CC/C=C(\C)[C@H]1CC[C@]2(C)[C@@H]1[C@H](O)C[C@@H]1[C@@]3(C)CC[C@H](O)C(C)(C)[C@@H]3[C@@H](O[C@@H]3OC(CO)[C@@H](O)C(O)[C@@H]3O)C[C@]12C. The minimum atomic E-state index is -1.52. The van der Waals surface area contributed by atoms with Crippen molar-refractivity contribution in [2.24, 2.45) is 45.3 Å². The van der Waals surface area contributed by atoms with Gasteiger partial charge in [-0.2, -0.15) is 0 Å². The summed E-state index contributed by atoms with van der Waals surface area (Å²) >= 11 is 0. The lowest BCUT2D eigenvalue weighted by Crippen LogP contribution is -2.70. The highest BCUT2D eigenvalue weighted by Gasteiger charge is 2.72. The summed E-state index contributed by atoms with van der Waals surface area (Å²) < 4.78 is 12.6. The van der Waals surface area contributed by atoms with E-state index < -0.39 is 61.0 Å². The number of hydrogen-bond donors (Lipinski definition) is 6. The summed E-state index contributed by atoms with van der Waals surface area (Å²) in [5, 5.41) is 65.2. The van der Waals surface area contributed by atoms with Gasteiger partial charge in [0.25, 0.3) is 0 Å². The van der Waals surface area contributed by atoms with Crippen LogP contribution in [0.1, 0.15) is 100 Å². The van der Waals surface area contributed by atoms with E-state index in [1.807, 2.05) is 0 Å².